The van der Waals surface area contributed by atoms with E-state index >= 15 is 0 Å². The van der Waals surface area contributed by atoms with Crippen molar-refractivity contribution in [3.05, 3.63) is 35.4 Å². The zero-order chi connectivity index (χ0) is 10.7. The van der Waals surface area contributed by atoms with Gasteiger partial charge in [0.15, 0.2) is 0 Å². The summed E-state index contributed by atoms with van der Waals surface area (Å²) in [6.45, 7) is 0.841. The Bertz CT molecular complexity index is 356. The van der Waals surface area contributed by atoms with Crippen molar-refractivity contribution in [3.8, 4) is 0 Å². The smallest absolute Gasteiger partial charge is 0.150 e. The molecule has 0 spiro atoms. The average Bonchev–Trinajstić information content (AvgIpc) is 2.30. The van der Waals surface area contributed by atoms with E-state index in [2.05, 4.69) is 0 Å². The van der Waals surface area contributed by atoms with Gasteiger partial charge in [0.2, 0.25) is 0 Å². The number of rotatable bonds is 2. The van der Waals surface area contributed by atoms with E-state index in [1.807, 2.05) is 0 Å². The van der Waals surface area contributed by atoms with Crippen LogP contribution in [0.3, 0.4) is 0 Å². The van der Waals surface area contributed by atoms with Gasteiger partial charge in [-0.05, 0) is 5.56 Å². The van der Waals surface area contributed by atoms with Crippen LogP contribution in [0.5, 0.6) is 0 Å². The van der Waals surface area contributed by atoms with Gasteiger partial charge in [0.25, 0.3) is 0 Å². The number of ether oxygens (including phenoxy) is 1. The van der Waals surface area contributed by atoms with Gasteiger partial charge in [0.1, 0.15) is 12.0 Å². The molecular weight excluding hydrogens is 195 g/mol. The van der Waals surface area contributed by atoms with Crippen molar-refractivity contribution in [2.75, 3.05) is 13.2 Å². The zero-order valence-electron chi connectivity index (χ0n) is 8.41. The van der Waals surface area contributed by atoms with E-state index < -0.39 is 5.67 Å². The molecule has 1 aromatic rings. The van der Waals surface area contributed by atoms with Crippen LogP contribution in [0.15, 0.2) is 24.3 Å². The van der Waals surface area contributed by atoms with Crippen molar-refractivity contribution in [3.63, 3.8) is 0 Å². The monoisotopic (exact) mass is 208 g/mol. The third-order valence-corrected chi connectivity index (χ3v) is 2.86. The first-order valence-corrected chi connectivity index (χ1v) is 5.08. The van der Waals surface area contributed by atoms with Gasteiger partial charge in [-0.2, -0.15) is 0 Å². The second kappa shape index (κ2) is 4.11. The second-order valence-corrected chi connectivity index (χ2v) is 3.78. The van der Waals surface area contributed by atoms with Gasteiger partial charge >= 0.3 is 0 Å². The van der Waals surface area contributed by atoms with E-state index in [0.29, 0.717) is 43.5 Å². The molecule has 1 fully saturated rings. The lowest BCUT2D eigenvalue weighted by Gasteiger charge is -2.30. The van der Waals surface area contributed by atoms with Crippen molar-refractivity contribution in [1.29, 1.82) is 0 Å². The molecule has 1 heterocycles. The Balaban J connectivity index is 2.38. The first-order valence-electron chi connectivity index (χ1n) is 5.08. The van der Waals surface area contributed by atoms with Crippen molar-refractivity contribution in [2.24, 2.45) is 0 Å². The van der Waals surface area contributed by atoms with E-state index in [1.165, 1.54) is 0 Å². The fourth-order valence-corrected chi connectivity index (χ4v) is 1.97. The first kappa shape index (κ1) is 10.3. The summed E-state index contributed by atoms with van der Waals surface area (Å²) >= 11 is 0. The average molecular weight is 208 g/mol. The second-order valence-electron chi connectivity index (χ2n) is 3.78. The Kier molecular flexibility index (Phi) is 2.82. The van der Waals surface area contributed by atoms with Crippen molar-refractivity contribution in [1.82, 2.24) is 0 Å². The largest absolute Gasteiger partial charge is 0.381 e. The summed E-state index contributed by atoms with van der Waals surface area (Å²) in [5.41, 5.74) is -0.444. The Labute approximate surface area is 88.1 Å². The third-order valence-electron chi connectivity index (χ3n) is 2.86. The molecule has 0 unspecified atom stereocenters. The van der Waals surface area contributed by atoms with Crippen LogP contribution in [0.1, 0.15) is 28.8 Å². The number of halogens is 1. The summed E-state index contributed by atoms with van der Waals surface area (Å²) in [6.07, 6.45) is 1.38. The fourth-order valence-electron chi connectivity index (χ4n) is 1.97. The van der Waals surface area contributed by atoms with Crippen LogP contribution in [0.2, 0.25) is 0 Å². The zero-order valence-corrected chi connectivity index (χ0v) is 8.41. The van der Waals surface area contributed by atoms with Gasteiger partial charge in [-0.15, -0.1) is 0 Å². The number of hydrogen-bond donors (Lipinski definition) is 0. The summed E-state index contributed by atoms with van der Waals surface area (Å²) < 4.78 is 19.6. The van der Waals surface area contributed by atoms with Gasteiger partial charge in [-0.1, -0.05) is 24.3 Å². The van der Waals surface area contributed by atoms with Crippen LogP contribution in [0.25, 0.3) is 0 Å². The standard InChI is InChI=1S/C12H13FO2/c13-12(5-7-15-8-6-12)11-4-2-1-3-10(11)9-14/h1-4,9H,5-8H2. The van der Waals surface area contributed by atoms with Gasteiger partial charge in [-0.3, -0.25) is 4.79 Å². The first-order chi connectivity index (χ1) is 7.26. The molecule has 1 aromatic carbocycles. The van der Waals surface area contributed by atoms with Crippen LogP contribution in [-0.2, 0) is 10.4 Å². The minimum Gasteiger partial charge on any atom is -0.381 e. The van der Waals surface area contributed by atoms with Gasteiger partial charge in [0.05, 0.1) is 0 Å². The highest BCUT2D eigenvalue weighted by molar-refractivity contribution is 5.77. The summed E-state index contributed by atoms with van der Waals surface area (Å²) in [5.74, 6) is 0. The van der Waals surface area contributed by atoms with E-state index in [9.17, 15) is 9.18 Å². The molecule has 1 saturated heterocycles. The summed E-state index contributed by atoms with van der Waals surface area (Å²) in [7, 11) is 0. The highest BCUT2D eigenvalue weighted by Crippen LogP contribution is 2.37. The van der Waals surface area contributed by atoms with Gasteiger partial charge in [-0.25, -0.2) is 4.39 Å². The maximum atomic E-state index is 14.5. The molecule has 0 bridgehead atoms. The molecule has 15 heavy (non-hydrogen) atoms. The normalized spacial score (nSPS) is 19.8. The Morgan fingerprint density at radius 1 is 1.27 bits per heavy atom. The van der Waals surface area contributed by atoms with Crippen LogP contribution in [0, 0.1) is 0 Å². The number of alkyl halides is 1. The SMILES string of the molecule is O=Cc1ccccc1C1(F)CCOCC1. The molecular formula is C12H13FO2. The summed E-state index contributed by atoms with van der Waals surface area (Å²) in [5, 5.41) is 0. The van der Waals surface area contributed by atoms with Crippen LogP contribution < -0.4 is 0 Å². The minimum absolute atomic E-state index is 0.331. The Morgan fingerprint density at radius 2 is 1.93 bits per heavy atom. The van der Waals surface area contributed by atoms with E-state index in [1.54, 1.807) is 24.3 Å². The molecule has 1 aliphatic heterocycles. The molecule has 0 N–H and O–H groups in total. The number of hydrogen-bond acceptors (Lipinski definition) is 2. The Hall–Kier alpha value is -1.22. The van der Waals surface area contributed by atoms with Gasteiger partial charge < -0.3 is 4.74 Å². The third kappa shape index (κ3) is 1.92. The van der Waals surface area contributed by atoms with Crippen LogP contribution in [-0.4, -0.2) is 19.5 Å². The van der Waals surface area contributed by atoms with Crippen molar-refractivity contribution < 1.29 is 13.9 Å². The predicted octanol–water partition coefficient (Wildman–Crippen LogP) is 2.47. The highest BCUT2D eigenvalue weighted by atomic mass is 19.1. The summed E-state index contributed by atoms with van der Waals surface area (Å²) in [4.78, 5) is 10.8. The molecule has 3 heteroatoms. The van der Waals surface area contributed by atoms with E-state index in [-0.39, 0.29) is 0 Å². The van der Waals surface area contributed by atoms with Crippen molar-refractivity contribution >= 4 is 6.29 Å². The lowest BCUT2D eigenvalue weighted by molar-refractivity contribution is -0.0117. The highest BCUT2D eigenvalue weighted by Gasteiger charge is 2.35. The number of aldehydes is 1. The maximum absolute atomic E-state index is 14.5. The number of benzene rings is 1. The predicted molar refractivity (Wildman–Crippen MR) is 54.7 cm³/mol. The summed E-state index contributed by atoms with van der Waals surface area (Å²) in [6, 6.07) is 6.85. The quantitative estimate of drug-likeness (QED) is 0.698. The lowest BCUT2D eigenvalue weighted by atomic mass is 9.85. The molecule has 0 radical (unpaired) electrons. The lowest BCUT2D eigenvalue weighted by Crippen LogP contribution is -2.30. The van der Waals surface area contributed by atoms with Gasteiger partial charge in [0, 0.05) is 31.6 Å². The molecule has 0 aromatic heterocycles. The molecule has 0 aliphatic carbocycles. The minimum atomic E-state index is -1.39. The molecule has 2 rings (SSSR count). The molecule has 1 aliphatic rings. The Morgan fingerprint density at radius 3 is 2.60 bits per heavy atom. The van der Waals surface area contributed by atoms with E-state index in [0.717, 1.165) is 0 Å². The number of carbonyl (C=O) groups is 1. The molecule has 0 saturated carbocycles. The van der Waals surface area contributed by atoms with E-state index in [4.69, 9.17) is 4.74 Å². The van der Waals surface area contributed by atoms with Crippen molar-refractivity contribution in [2.45, 2.75) is 18.5 Å². The molecule has 0 amide bonds. The maximum Gasteiger partial charge on any atom is 0.150 e. The number of carbonyl (C=O) groups excluding carboxylic acids is 1. The molecule has 80 valence electrons. The van der Waals surface area contributed by atoms with Crippen LogP contribution in [0.4, 0.5) is 4.39 Å². The van der Waals surface area contributed by atoms with Crippen LogP contribution >= 0.6 is 0 Å². The molecule has 2 nitrogen and oxygen atoms in total. The molecule has 0 atom stereocenters. The topological polar surface area (TPSA) is 26.3 Å². The fraction of sp³-hybridized carbons (Fsp3) is 0.417.